The molecular formula is C13H14O2S2. The molecule has 0 saturated heterocycles. The molecule has 0 N–H and O–H groups in total. The van der Waals surface area contributed by atoms with Crippen molar-refractivity contribution in [2.24, 2.45) is 0 Å². The Labute approximate surface area is 106 Å². The molecule has 0 aliphatic rings. The van der Waals surface area contributed by atoms with Crippen LogP contribution in [0.3, 0.4) is 0 Å². The monoisotopic (exact) mass is 266 g/mol. The summed E-state index contributed by atoms with van der Waals surface area (Å²) in [5, 5.41) is 3.46. The predicted molar refractivity (Wildman–Crippen MR) is 70.4 cm³/mol. The van der Waals surface area contributed by atoms with Crippen molar-refractivity contribution >= 4 is 21.2 Å². The first-order valence-corrected chi connectivity index (χ1v) is 7.70. The van der Waals surface area contributed by atoms with Gasteiger partial charge in [0.2, 0.25) is 9.84 Å². The molecule has 2 aromatic rings. The Morgan fingerprint density at radius 3 is 2.12 bits per heavy atom. The number of rotatable bonds is 2. The van der Waals surface area contributed by atoms with E-state index in [1.54, 1.807) is 16.8 Å². The van der Waals surface area contributed by atoms with Crippen LogP contribution in [0.2, 0.25) is 0 Å². The van der Waals surface area contributed by atoms with Crippen LogP contribution in [-0.2, 0) is 9.84 Å². The van der Waals surface area contributed by atoms with Crippen LogP contribution in [0, 0.1) is 20.8 Å². The second-order valence-corrected chi connectivity index (χ2v) is 6.86. The molecule has 0 atom stereocenters. The standard InChI is InChI=1S/C13H14O2S2/c1-9-6-10(2)13(11(3)7-9)17(14,15)12-4-5-16-8-12/h4-8H,1-3H3. The minimum absolute atomic E-state index is 0.387. The van der Waals surface area contributed by atoms with Crippen molar-refractivity contribution in [1.82, 2.24) is 0 Å². The van der Waals surface area contributed by atoms with Gasteiger partial charge in [-0.2, -0.15) is 11.3 Å². The highest BCUT2D eigenvalue weighted by Gasteiger charge is 2.22. The lowest BCUT2D eigenvalue weighted by Gasteiger charge is -2.11. The molecule has 2 nitrogen and oxygen atoms in total. The van der Waals surface area contributed by atoms with E-state index in [1.807, 2.05) is 32.9 Å². The molecule has 1 aromatic carbocycles. The quantitative estimate of drug-likeness (QED) is 0.833. The number of thiophene rings is 1. The molecule has 90 valence electrons. The Morgan fingerprint density at radius 1 is 1.06 bits per heavy atom. The molecule has 0 saturated carbocycles. The van der Waals surface area contributed by atoms with Crippen molar-refractivity contribution in [1.29, 1.82) is 0 Å². The van der Waals surface area contributed by atoms with Crippen LogP contribution in [0.1, 0.15) is 16.7 Å². The molecule has 0 amide bonds. The van der Waals surface area contributed by atoms with Crippen LogP contribution in [0.5, 0.6) is 0 Å². The summed E-state index contributed by atoms with van der Waals surface area (Å²) in [6, 6.07) is 5.47. The Bertz CT molecular complexity index is 615. The maximum Gasteiger partial charge on any atom is 0.207 e. The van der Waals surface area contributed by atoms with Gasteiger partial charge in [-0.25, -0.2) is 8.42 Å². The van der Waals surface area contributed by atoms with E-state index in [4.69, 9.17) is 0 Å². The molecule has 0 bridgehead atoms. The number of benzene rings is 1. The maximum atomic E-state index is 12.5. The van der Waals surface area contributed by atoms with Crippen molar-refractivity contribution in [2.75, 3.05) is 0 Å². The van der Waals surface area contributed by atoms with E-state index in [0.717, 1.165) is 16.7 Å². The number of aryl methyl sites for hydroxylation is 3. The van der Waals surface area contributed by atoms with Gasteiger partial charge in [-0.15, -0.1) is 0 Å². The van der Waals surface area contributed by atoms with E-state index < -0.39 is 9.84 Å². The fourth-order valence-electron chi connectivity index (χ4n) is 2.11. The van der Waals surface area contributed by atoms with E-state index in [-0.39, 0.29) is 0 Å². The average Bonchev–Trinajstić information content (AvgIpc) is 2.67. The van der Waals surface area contributed by atoms with E-state index in [9.17, 15) is 8.42 Å². The molecule has 0 radical (unpaired) electrons. The fraction of sp³-hybridized carbons (Fsp3) is 0.231. The molecule has 0 aliphatic heterocycles. The summed E-state index contributed by atoms with van der Waals surface area (Å²) < 4.78 is 24.9. The summed E-state index contributed by atoms with van der Waals surface area (Å²) in [5.74, 6) is 0. The maximum absolute atomic E-state index is 12.5. The van der Waals surface area contributed by atoms with Crippen LogP contribution in [0.15, 0.2) is 38.8 Å². The van der Waals surface area contributed by atoms with Gasteiger partial charge in [0, 0.05) is 5.38 Å². The first-order chi connectivity index (χ1) is 7.93. The van der Waals surface area contributed by atoms with Crippen molar-refractivity contribution in [2.45, 2.75) is 30.6 Å². The third-order valence-electron chi connectivity index (χ3n) is 2.68. The lowest BCUT2D eigenvalue weighted by molar-refractivity contribution is 0.595. The summed E-state index contributed by atoms with van der Waals surface area (Å²) in [6.45, 7) is 5.67. The van der Waals surface area contributed by atoms with Crippen molar-refractivity contribution < 1.29 is 8.42 Å². The molecule has 2 rings (SSSR count). The first kappa shape index (κ1) is 12.3. The van der Waals surface area contributed by atoms with Crippen molar-refractivity contribution in [3.63, 3.8) is 0 Å². The van der Waals surface area contributed by atoms with Crippen LogP contribution in [0.25, 0.3) is 0 Å². The minimum atomic E-state index is -3.36. The number of hydrogen-bond acceptors (Lipinski definition) is 3. The molecule has 1 heterocycles. The van der Waals surface area contributed by atoms with Gasteiger partial charge in [-0.1, -0.05) is 17.7 Å². The lowest BCUT2D eigenvalue weighted by Crippen LogP contribution is -2.05. The Morgan fingerprint density at radius 2 is 1.65 bits per heavy atom. The second-order valence-electron chi connectivity index (χ2n) is 4.19. The smallest absolute Gasteiger partial charge is 0.207 e. The average molecular weight is 266 g/mol. The highest BCUT2D eigenvalue weighted by Crippen LogP contribution is 2.28. The van der Waals surface area contributed by atoms with E-state index in [2.05, 4.69) is 0 Å². The highest BCUT2D eigenvalue weighted by atomic mass is 32.2. The van der Waals surface area contributed by atoms with Crippen LogP contribution < -0.4 is 0 Å². The number of hydrogen-bond donors (Lipinski definition) is 0. The van der Waals surface area contributed by atoms with E-state index in [0.29, 0.717) is 9.79 Å². The molecular weight excluding hydrogens is 252 g/mol. The van der Waals surface area contributed by atoms with E-state index >= 15 is 0 Å². The Balaban J connectivity index is 2.71. The zero-order chi connectivity index (χ0) is 12.6. The predicted octanol–water partition coefficient (Wildman–Crippen LogP) is 3.51. The third kappa shape index (κ3) is 2.15. The zero-order valence-electron chi connectivity index (χ0n) is 10.0. The van der Waals surface area contributed by atoms with Gasteiger partial charge in [0.25, 0.3) is 0 Å². The van der Waals surface area contributed by atoms with Crippen molar-refractivity contribution in [3.05, 3.63) is 45.6 Å². The molecule has 17 heavy (non-hydrogen) atoms. The second kappa shape index (κ2) is 4.27. The molecule has 4 heteroatoms. The lowest BCUT2D eigenvalue weighted by atomic mass is 10.1. The highest BCUT2D eigenvalue weighted by molar-refractivity contribution is 7.91. The normalized spacial score (nSPS) is 11.7. The summed E-state index contributed by atoms with van der Waals surface area (Å²) in [7, 11) is -3.36. The third-order valence-corrected chi connectivity index (χ3v) is 5.57. The van der Waals surface area contributed by atoms with Crippen LogP contribution in [-0.4, -0.2) is 8.42 Å². The van der Waals surface area contributed by atoms with Gasteiger partial charge in [-0.05, 0) is 43.3 Å². The fourth-order valence-corrected chi connectivity index (χ4v) is 4.84. The van der Waals surface area contributed by atoms with Gasteiger partial charge < -0.3 is 0 Å². The van der Waals surface area contributed by atoms with Gasteiger partial charge in [-0.3, -0.25) is 0 Å². The summed E-state index contributed by atoms with van der Waals surface area (Å²) in [5.41, 5.74) is 2.71. The van der Waals surface area contributed by atoms with Gasteiger partial charge in [0.15, 0.2) is 0 Å². The topological polar surface area (TPSA) is 34.1 Å². The Kier molecular flexibility index (Phi) is 3.10. The molecule has 1 aromatic heterocycles. The molecule has 0 unspecified atom stereocenters. The summed E-state index contributed by atoms with van der Waals surface area (Å²) >= 11 is 1.40. The first-order valence-electron chi connectivity index (χ1n) is 5.28. The number of sulfone groups is 1. The SMILES string of the molecule is Cc1cc(C)c(S(=O)(=O)c2ccsc2)c(C)c1. The van der Waals surface area contributed by atoms with Crippen LogP contribution in [0.4, 0.5) is 0 Å². The molecule has 0 spiro atoms. The van der Waals surface area contributed by atoms with Gasteiger partial charge in [0.1, 0.15) is 0 Å². The van der Waals surface area contributed by atoms with E-state index in [1.165, 1.54) is 11.3 Å². The Hall–Kier alpha value is -1.13. The zero-order valence-corrected chi connectivity index (χ0v) is 11.7. The van der Waals surface area contributed by atoms with Gasteiger partial charge >= 0.3 is 0 Å². The summed E-state index contributed by atoms with van der Waals surface area (Å²) in [4.78, 5) is 0.832. The van der Waals surface area contributed by atoms with Crippen LogP contribution >= 0.6 is 11.3 Å². The molecule has 0 aliphatic carbocycles. The summed E-state index contributed by atoms with van der Waals surface area (Å²) in [6.07, 6.45) is 0. The minimum Gasteiger partial charge on any atom is -0.218 e. The van der Waals surface area contributed by atoms with Gasteiger partial charge in [0.05, 0.1) is 9.79 Å². The molecule has 0 fully saturated rings. The van der Waals surface area contributed by atoms with Crippen molar-refractivity contribution in [3.8, 4) is 0 Å². The largest absolute Gasteiger partial charge is 0.218 e.